The zero-order valence-corrected chi connectivity index (χ0v) is 36.4. The number of aromatic nitrogens is 4. The van der Waals surface area contributed by atoms with Crippen LogP contribution in [-0.4, -0.2) is 111 Å². The van der Waals surface area contributed by atoms with Crippen LogP contribution in [0.5, 0.6) is 0 Å². The van der Waals surface area contributed by atoms with Gasteiger partial charge in [0, 0.05) is 12.3 Å². The minimum absolute atomic E-state index is 0.107. The number of aromatic amines is 2. The van der Waals surface area contributed by atoms with E-state index in [1.54, 1.807) is 0 Å². The van der Waals surface area contributed by atoms with Crippen LogP contribution < -0.4 is 10.6 Å². The first-order chi connectivity index (χ1) is 28.7. The Morgan fingerprint density at radius 1 is 0.717 bits per heavy atom. The molecule has 2 fully saturated rings. The normalized spacial score (nSPS) is 19.0. The molecular weight excluding hydrogens is 781 g/mol. The lowest BCUT2D eigenvalue weighted by Gasteiger charge is -2.30. The van der Waals surface area contributed by atoms with Gasteiger partial charge in [-0.3, -0.25) is 9.59 Å². The maximum Gasteiger partial charge on any atom is 0.407 e. The first-order valence-corrected chi connectivity index (χ1v) is 23.2. The summed E-state index contributed by atoms with van der Waals surface area (Å²) in [6.07, 6.45) is 6.66. The minimum atomic E-state index is -1.10. The molecule has 4 atom stereocenters. The number of nitrogens with one attached hydrogen (secondary N) is 4. The molecule has 2 saturated heterocycles. The Labute approximate surface area is 352 Å². The summed E-state index contributed by atoms with van der Waals surface area (Å²) in [5.41, 5.74) is 7.84. The highest BCUT2D eigenvalue weighted by Crippen LogP contribution is 2.52. The van der Waals surface area contributed by atoms with Crippen LogP contribution in [0, 0.1) is 11.8 Å². The molecule has 0 saturated carbocycles. The van der Waals surface area contributed by atoms with E-state index >= 15 is 0 Å². The first-order valence-electron chi connectivity index (χ1n) is 20.4. The van der Waals surface area contributed by atoms with Crippen LogP contribution in [0.3, 0.4) is 0 Å². The van der Waals surface area contributed by atoms with Gasteiger partial charge in [0.15, 0.2) is 0 Å². The van der Waals surface area contributed by atoms with Gasteiger partial charge in [0.1, 0.15) is 23.7 Å². The number of H-pyrrole nitrogens is 2. The topological polar surface area (TPSA) is 175 Å². The van der Waals surface area contributed by atoms with Crippen molar-refractivity contribution in [1.82, 2.24) is 40.4 Å². The largest absolute Gasteiger partial charge is 0.453 e. The predicted molar refractivity (Wildman–Crippen MR) is 235 cm³/mol. The molecule has 5 aromatic rings. The number of nitrogens with zero attached hydrogens (tertiary/aromatic N) is 4. The molecule has 4 N–H and O–H groups in total. The molecule has 4 heterocycles. The highest BCUT2D eigenvalue weighted by atomic mass is 32.3. The second kappa shape index (κ2) is 17.4. The van der Waals surface area contributed by atoms with Crippen LogP contribution in [-0.2, 0) is 19.1 Å². The van der Waals surface area contributed by atoms with Crippen molar-refractivity contribution in [1.29, 1.82) is 0 Å². The Morgan fingerprint density at radius 2 is 1.25 bits per heavy atom. The number of amides is 4. The standard InChI is InChI=1S/C45H56N8O6S/c1-26(2)38(50-44(56)58-5)42(54)52-21-9-10-36(52)41-47-33-20-19-32(22-34(33)48-41)30-13-11-28(12-14-30)29-15-17-31(18-16-29)35-23-46-40(49-35)37-24-60(7,8)25-53(37)43(55)39(27(3)4)51-45(57)59-6/h11-20,22-23,26-27,36-39H,9-10,21,24-25H2,1-8H3,(H,46,49)(H,47,48)(H,50,56)(H,51,57)/t36-,37-,38-,39-/m0/s1. The number of ether oxygens (including phenoxy) is 2. The molecule has 2 aromatic heterocycles. The van der Waals surface area contributed by atoms with Crippen molar-refractivity contribution in [3.8, 4) is 33.5 Å². The van der Waals surface area contributed by atoms with Gasteiger partial charge >= 0.3 is 12.2 Å². The van der Waals surface area contributed by atoms with E-state index in [0.29, 0.717) is 12.4 Å². The van der Waals surface area contributed by atoms with Crippen molar-refractivity contribution >= 4 is 45.1 Å². The molecule has 0 bridgehead atoms. The van der Waals surface area contributed by atoms with Crippen LogP contribution in [0.15, 0.2) is 72.9 Å². The summed E-state index contributed by atoms with van der Waals surface area (Å²) in [6, 6.07) is 21.1. The molecule has 14 nitrogen and oxygen atoms in total. The number of imidazole rings is 2. The number of carbonyl (C=O) groups excluding carboxylic acids is 4. The molecule has 0 aliphatic carbocycles. The maximum absolute atomic E-state index is 13.9. The summed E-state index contributed by atoms with van der Waals surface area (Å²) in [5, 5.41) is 5.44. The summed E-state index contributed by atoms with van der Waals surface area (Å²) < 4.78 is 9.58. The van der Waals surface area contributed by atoms with Crippen molar-refractivity contribution in [2.75, 3.05) is 44.9 Å². The van der Waals surface area contributed by atoms with E-state index in [4.69, 9.17) is 19.4 Å². The fourth-order valence-electron chi connectivity index (χ4n) is 8.27. The minimum Gasteiger partial charge on any atom is -0.453 e. The fraction of sp³-hybridized carbons (Fsp3) is 0.422. The lowest BCUT2D eigenvalue weighted by molar-refractivity contribution is -0.136. The van der Waals surface area contributed by atoms with Crippen LogP contribution in [0.4, 0.5) is 9.59 Å². The highest BCUT2D eigenvalue weighted by molar-refractivity contribution is 8.32. The average molecular weight is 837 g/mol. The van der Waals surface area contributed by atoms with Gasteiger partial charge in [-0.25, -0.2) is 29.6 Å². The zero-order valence-electron chi connectivity index (χ0n) is 35.6. The molecule has 0 spiro atoms. The molecule has 60 heavy (non-hydrogen) atoms. The molecule has 15 heteroatoms. The molecule has 2 aliphatic rings. The quantitative estimate of drug-likeness (QED) is 0.105. The second-order valence-corrected chi connectivity index (χ2v) is 21.1. The summed E-state index contributed by atoms with van der Waals surface area (Å²) >= 11 is 0. The summed E-state index contributed by atoms with van der Waals surface area (Å²) in [6.45, 7) is 8.24. The molecule has 4 amide bonds. The monoisotopic (exact) mass is 836 g/mol. The van der Waals surface area contributed by atoms with Crippen molar-refractivity contribution in [2.24, 2.45) is 11.8 Å². The third-order valence-corrected chi connectivity index (χ3v) is 13.7. The van der Waals surface area contributed by atoms with E-state index in [1.165, 1.54) is 14.2 Å². The van der Waals surface area contributed by atoms with Crippen LogP contribution in [0.25, 0.3) is 44.5 Å². The van der Waals surface area contributed by atoms with Gasteiger partial charge in [-0.05, 0) is 77.1 Å². The van der Waals surface area contributed by atoms with Gasteiger partial charge in [0.05, 0.1) is 55.1 Å². The summed E-state index contributed by atoms with van der Waals surface area (Å²) in [4.78, 5) is 71.9. The molecule has 0 unspecified atom stereocenters. The number of carbonyl (C=O) groups is 4. The Kier molecular flexibility index (Phi) is 12.3. The van der Waals surface area contributed by atoms with E-state index < -0.39 is 34.3 Å². The number of alkyl carbamates (subject to hydrolysis) is 2. The molecule has 318 valence electrons. The van der Waals surface area contributed by atoms with E-state index in [0.717, 1.165) is 74.8 Å². The first kappa shape index (κ1) is 42.3. The van der Waals surface area contributed by atoms with Gasteiger partial charge in [-0.1, -0.05) is 82.3 Å². The van der Waals surface area contributed by atoms with Gasteiger partial charge in [0.2, 0.25) is 11.8 Å². The van der Waals surface area contributed by atoms with Crippen molar-refractivity contribution < 1.29 is 28.7 Å². The second-order valence-electron chi connectivity index (χ2n) is 17.0. The molecular formula is C45H56N8O6S. The van der Waals surface area contributed by atoms with Gasteiger partial charge in [-0.2, -0.15) is 0 Å². The fourth-order valence-corrected chi connectivity index (χ4v) is 10.6. The number of methoxy groups -OCH3 is 2. The van der Waals surface area contributed by atoms with Gasteiger partial charge in [0.25, 0.3) is 0 Å². The number of likely N-dealkylation sites (tertiary alicyclic amines) is 1. The van der Waals surface area contributed by atoms with E-state index in [-0.39, 0.29) is 35.7 Å². The average Bonchev–Trinajstić information content (AvgIpc) is 4.06. The van der Waals surface area contributed by atoms with Crippen molar-refractivity contribution in [3.05, 3.63) is 84.6 Å². The molecule has 2 aliphatic heterocycles. The van der Waals surface area contributed by atoms with E-state index in [1.807, 2.05) is 49.8 Å². The van der Waals surface area contributed by atoms with Crippen LogP contribution >= 0.6 is 10.0 Å². The molecule has 7 rings (SSSR count). The van der Waals surface area contributed by atoms with E-state index in [9.17, 15) is 19.2 Å². The third-order valence-electron chi connectivity index (χ3n) is 11.6. The number of rotatable bonds is 11. The predicted octanol–water partition coefficient (Wildman–Crippen LogP) is 7.62. The van der Waals surface area contributed by atoms with E-state index in [2.05, 4.69) is 93.8 Å². The highest BCUT2D eigenvalue weighted by Gasteiger charge is 2.43. The number of benzene rings is 3. The molecule has 0 radical (unpaired) electrons. The van der Waals surface area contributed by atoms with Gasteiger partial charge in [-0.15, -0.1) is 0 Å². The van der Waals surface area contributed by atoms with Crippen molar-refractivity contribution in [2.45, 2.75) is 64.7 Å². The Bertz CT molecular complexity index is 2350. The lowest BCUT2D eigenvalue weighted by Crippen LogP contribution is -2.51. The lowest BCUT2D eigenvalue weighted by atomic mass is 9.99. The number of hydrogen-bond acceptors (Lipinski definition) is 8. The van der Waals surface area contributed by atoms with Crippen LogP contribution in [0.2, 0.25) is 0 Å². The van der Waals surface area contributed by atoms with Crippen molar-refractivity contribution in [3.63, 3.8) is 0 Å². The molecule has 3 aromatic carbocycles. The Hall–Kier alpha value is -5.83. The Balaban J connectivity index is 1.03. The Morgan fingerprint density at radius 3 is 1.82 bits per heavy atom. The third kappa shape index (κ3) is 8.86. The number of fused-ring (bicyclic) bond motifs is 1. The zero-order chi connectivity index (χ0) is 42.9. The van der Waals surface area contributed by atoms with Crippen LogP contribution in [0.1, 0.15) is 64.3 Å². The summed E-state index contributed by atoms with van der Waals surface area (Å²) in [7, 11) is 1.50. The van der Waals surface area contributed by atoms with Gasteiger partial charge < -0.3 is 39.9 Å². The SMILES string of the molecule is COC(=O)N[C@H](C(=O)N1CS(C)(C)C[C@H]1c1ncc(-c2ccc(-c3ccc(-c4ccc5nc([C@@H]6CCCN6C(=O)[C@@H](NC(=O)OC)C(C)C)[nH]c5c4)cc3)cc2)[nH]1)C(C)C. The maximum atomic E-state index is 13.9. The number of hydrogen-bond donors (Lipinski definition) is 4. The summed E-state index contributed by atoms with van der Waals surface area (Å²) in [5.74, 6) is 2.44. The smallest absolute Gasteiger partial charge is 0.407 e.